The molecule has 2 N–H and O–H groups in total. The third-order valence-electron chi connectivity index (χ3n) is 4.53. The molecular formula is C18H26N2O3. The Hall–Kier alpha value is -1.88. The Kier molecular flexibility index (Phi) is 6.16. The van der Waals surface area contributed by atoms with E-state index in [1.54, 1.807) is 0 Å². The van der Waals surface area contributed by atoms with Crippen LogP contribution in [-0.2, 0) is 16.0 Å². The largest absolute Gasteiger partial charge is 0.480 e. The summed E-state index contributed by atoms with van der Waals surface area (Å²) in [6.45, 7) is 6.10. The lowest BCUT2D eigenvalue weighted by atomic mass is 9.94. The number of nitrogens with one attached hydrogen (secondary N) is 1. The van der Waals surface area contributed by atoms with Crippen molar-refractivity contribution in [2.75, 3.05) is 13.1 Å². The van der Waals surface area contributed by atoms with Crippen LogP contribution < -0.4 is 5.32 Å². The summed E-state index contributed by atoms with van der Waals surface area (Å²) in [5.41, 5.74) is 0.912. The molecule has 5 heteroatoms. The molecule has 0 aromatic heterocycles. The van der Waals surface area contributed by atoms with E-state index in [2.05, 4.69) is 24.1 Å². The molecule has 5 nitrogen and oxygen atoms in total. The third kappa shape index (κ3) is 5.06. The van der Waals surface area contributed by atoms with Crippen LogP contribution in [0, 0.1) is 5.92 Å². The maximum atomic E-state index is 12.4. The number of piperidine rings is 1. The lowest BCUT2D eigenvalue weighted by molar-refractivity contribution is -0.142. The number of carboxylic acid groups (broad SMARTS) is 1. The van der Waals surface area contributed by atoms with Crippen LogP contribution in [0.2, 0.25) is 0 Å². The zero-order valence-electron chi connectivity index (χ0n) is 13.9. The third-order valence-corrected chi connectivity index (χ3v) is 4.53. The molecule has 1 aliphatic rings. The first-order valence-electron chi connectivity index (χ1n) is 8.28. The van der Waals surface area contributed by atoms with Gasteiger partial charge in [0.25, 0.3) is 0 Å². The predicted molar refractivity (Wildman–Crippen MR) is 89.1 cm³/mol. The van der Waals surface area contributed by atoms with Gasteiger partial charge in [-0.25, -0.2) is 4.79 Å². The lowest BCUT2D eigenvalue weighted by Crippen LogP contribution is -2.48. The number of likely N-dealkylation sites (tertiary alicyclic amines) is 1. The number of hydrogen-bond acceptors (Lipinski definition) is 3. The zero-order chi connectivity index (χ0) is 16.8. The Morgan fingerprint density at radius 3 is 2.35 bits per heavy atom. The van der Waals surface area contributed by atoms with Gasteiger partial charge in [-0.1, -0.05) is 30.3 Å². The molecule has 126 valence electrons. The molecule has 1 aliphatic heterocycles. The van der Waals surface area contributed by atoms with Gasteiger partial charge in [0.1, 0.15) is 6.04 Å². The summed E-state index contributed by atoms with van der Waals surface area (Å²) in [7, 11) is 0. The van der Waals surface area contributed by atoms with Crippen LogP contribution in [-0.4, -0.2) is 47.1 Å². The monoisotopic (exact) mass is 318 g/mol. The van der Waals surface area contributed by atoms with Gasteiger partial charge >= 0.3 is 5.97 Å². The van der Waals surface area contributed by atoms with E-state index in [9.17, 15) is 14.7 Å². The second kappa shape index (κ2) is 8.11. The van der Waals surface area contributed by atoms with Gasteiger partial charge in [0.15, 0.2) is 0 Å². The SMILES string of the molecule is CC(C)N1CCC(C(=O)N[C@H](Cc2ccccc2)C(=O)O)CC1. The number of rotatable bonds is 6. The van der Waals surface area contributed by atoms with E-state index >= 15 is 0 Å². The average molecular weight is 318 g/mol. The number of carbonyl (C=O) groups is 2. The molecule has 1 atom stereocenters. The van der Waals surface area contributed by atoms with Crippen LogP contribution in [0.4, 0.5) is 0 Å². The molecule has 1 aromatic rings. The van der Waals surface area contributed by atoms with Crippen molar-refractivity contribution in [1.29, 1.82) is 0 Å². The van der Waals surface area contributed by atoms with Crippen molar-refractivity contribution < 1.29 is 14.7 Å². The van der Waals surface area contributed by atoms with Crippen molar-refractivity contribution in [2.45, 2.75) is 45.2 Å². The molecule has 0 saturated carbocycles. The van der Waals surface area contributed by atoms with Gasteiger partial charge < -0.3 is 15.3 Å². The van der Waals surface area contributed by atoms with Gasteiger partial charge in [0.2, 0.25) is 5.91 Å². The second-order valence-corrected chi connectivity index (χ2v) is 6.49. The molecule has 1 fully saturated rings. The molecule has 0 radical (unpaired) electrons. The van der Waals surface area contributed by atoms with E-state index in [0.29, 0.717) is 12.5 Å². The summed E-state index contributed by atoms with van der Waals surface area (Å²) in [5.74, 6) is -1.19. The fraction of sp³-hybridized carbons (Fsp3) is 0.556. The summed E-state index contributed by atoms with van der Waals surface area (Å²) in [4.78, 5) is 26.2. The number of amides is 1. The fourth-order valence-corrected chi connectivity index (χ4v) is 3.02. The van der Waals surface area contributed by atoms with Crippen LogP contribution >= 0.6 is 0 Å². The Bertz CT molecular complexity index is 522. The normalized spacial score (nSPS) is 17.9. The van der Waals surface area contributed by atoms with E-state index in [0.717, 1.165) is 31.5 Å². The highest BCUT2D eigenvalue weighted by molar-refractivity contribution is 5.85. The van der Waals surface area contributed by atoms with Crippen molar-refractivity contribution in [3.8, 4) is 0 Å². The Morgan fingerprint density at radius 1 is 1.22 bits per heavy atom. The minimum atomic E-state index is -0.984. The first-order chi connectivity index (χ1) is 11.0. The predicted octanol–water partition coefficient (Wildman–Crippen LogP) is 1.92. The molecule has 2 rings (SSSR count). The van der Waals surface area contributed by atoms with Crippen molar-refractivity contribution in [3.63, 3.8) is 0 Å². The molecule has 0 aliphatic carbocycles. The van der Waals surface area contributed by atoms with Crippen molar-refractivity contribution in [2.24, 2.45) is 5.92 Å². The maximum absolute atomic E-state index is 12.4. The van der Waals surface area contributed by atoms with Crippen molar-refractivity contribution in [1.82, 2.24) is 10.2 Å². The summed E-state index contributed by atoms with van der Waals surface area (Å²) >= 11 is 0. The van der Waals surface area contributed by atoms with Crippen LogP contribution in [0.1, 0.15) is 32.3 Å². The quantitative estimate of drug-likeness (QED) is 0.841. The molecule has 0 spiro atoms. The van der Waals surface area contributed by atoms with Crippen LogP contribution in [0.25, 0.3) is 0 Å². The Labute approximate surface area is 137 Å². The van der Waals surface area contributed by atoms with Crippen LogP contribution in [0.5, 0.6) is 0 Å². The second-order valence-electron chi connectivity index (χ2n) is 6.49. The number of benzene rings is 1. The molecule has 0 unspecified atom stereocenters. The number of aliphatic carboxylic acids is 1. The zero-order valence-corrected chi connectivity index (χ0v) is 13.9. The highest BCUT2D eigenvalue weighted by Crippen LogP contribution is 2.19. The average Bonchev–Trinajstić information content (AvgIpc) is 2.55. The standard InChI is InChI=1S/C18H26N2O3/c1-13(2)20-10-8-15(9-11-20)17(21)19-16(18(22)23)12-14-6-4-3-5-7-14/h3-7,13,15-16H,8-12H2,1-2H3,(H,19,21)(H,22,23)/t16-/m1/s1. The molecule has 1 heterocycles. The summed E-state index contributed by atoms with van der Waals surface area (Å²) in [6, 6.07) is 9.01. The van der Waals surface area contributed by atoms with Gasteiger partial charge in [-0.15, -0.1) is 0 Å². The van der Waals surface area contributed by atoms with E-state index in [-0.39, 0.29) is 11.8 Å². The minimum absolute atomic E-state index is 0.0809. The van der Waals surface area contributed by atoms with Gasteiger partial charge in [-0.05, 0) is 45.3 Å². The molecule has 0 bridgehead atoms. The summed E-state index contributed by atoms with van der Waals surface area (Å²) in [5, 5.41) is 12.1. The number of carboxylic acids is 1. The molecule has 23 heavy (non-hydrogen) atoms. The summed E-state index contributed by atoms with van der Waals surface area (Å²) < 4.78 is 0. The van der Waals surface area contributed by atoms with E-state index in [1.165, 1.54) is 0 Å². The van der Waals surface area contributed by atoms with Crippen molar-refractivity contribution >= 4 is 11.9 Å². The Morgan fingerprint density at radius 2 is 1.83 bits per heavy atom. The van der Waals surface area contributed by atoms with E-state index in [1.807, 2.05) is 30.3 Å². The number of hydrogen-bond donors (Lipinski definition) is 2. The van der Waals surface area contributed by atoms with Crippen LogP contribution in [0.15, 0.2) is 30.3 Å². The molecule has 1 saturated heterocycles. The smallest absolute Gasteiger partial charge is 0.326 e. The van der Waals surface area contributed by atoms with Gasteiger partial charge in [0, 0.05) is 18.4 Å². The van der Waals surface area contributed by atoms with Gasteiger partial charge in [0.05, 0.1) is 0 Å². The highest BCUT2D eigenvalue weighted by atomic mass is 16.4. The number of carbonyl (C=O) groups excluding carboxylic acids is 1. The maximum Gasteiger partial charge on any atom is 0.326 e. The molecular weight excluding hydrogens is 292 g/mol. The number of nitrogens with zero attached hydrogens (tertiary/aromatic N) is 1. The fourth-order valence-electron chi connectivity index (χ4n) is 3.02. The van der Waals surface area contributed by atoms with Gasteiger partial charge in [-0.3, -0.25) is 4.79 Å². The minimum Gasteiger partial charge on any atom is -0.480 e. The molecule has 1 amide bonds. The highest BCUT2D eigenvalue weighted by Gasteiger charge is 2.29. The topological polar surface area (TPSA) is 69.6 Å². The molecule has 1 aromatic carbocycles. The van der Waals surface area contributed by atoms with E-state index < -0.39 is 12.0 Å². The first kappa shape index (κ1) is 17.5. The van der Waals surface area contributed by atoms with E-state index in [4.69, 9.17) is 0 Å². The summed E-state index contributed by atoms with van der Waals surface area (Å²) in [6.07, 6.45) is 1.90. The van der Waals surface area contributed by atoms with Crippen molar-refractivity contribution in [3.05, 3.63) is 35.9 Å². The van der Waals surface area contributed by atoms with Gasteiger partial charge in [-0.2, -0.15) is 0 Å². The Balaban J connectivity index is 1.90. The lowest BCUT2D eigenvalue weighted by Gasteiger charge is -2.34. The van der Waals surface area contributed by atoms with Crippen LogP contribution in [0.3, 0.4) is 0 Å². The first-order valence-corrected chi connectivity index (χ1v) is 8.28.